The van der Waals surface area contributed by atoms with E-state index in [2.05, 4.69) is 5.32 Å². The van der Waals surface area contributed by atoms with Crippen molar-refractivity contribution in [2.24, 2.45) is 0 Å². The number of aromatic carboxylic acids is 1. The summed E-state index contributed by atoms with van der Waals surface area (Å²) in [6.07, 6.45) is 0.525. The van der Waals surface area contributed by atoms with E-state index < -0.39 is 11.9 Å². The van der Waals surface area contributed by atoms with Gasteiger partial charge in [-0.25, -0.2) is 4.79 Å². The van der Waals surface area contributed by atoms with Gasteiger partial charge in [-0.15, -0.1) is 0 Å². The molecule has 0 atom stereocenters. The molecule has 2 N–H and O–H groups in total. The minimum Gasteiger partial charge on any atom is -0.478 e. The number of carboxylic acids is 1. The summed E-state index contributed by atoms with van der Waals surface area (Å²) in [7, 11) is 0. The van der Waals surface area contributed by atoms with Crippen molar-refractivity contribution in [1.29, 1.82) is 0 Å². The smallest absolute Gasteiger partial charge is 0.339 e. The first-order valence-corrected chi connectivity index (χ1v) is 6.21. The molecule has 0 saturated heterocycles. The molecule has 1 aromatic heterocycles. The number of amides is 1. The van der Waals surface area contributed by atoms with Crippen LogP contribution in [0.15, 0.2) is 10.5 Å². The van der Waals surface area contributed by atoms with Gasteiger partial charge >= 0.3 is 5.97 Å². The number of carbonyl (C=O) groups excluding carboxylic acids is 1. The second-order valence-corrected chi connectivity index (χ2v) is 4.28. The lowest BCUT2D eigenvalue weighted by Gasteiger charge is -2.07. The van der Waals surface area contributed by atoms with Crippen LogP contribution < -0.4 is 5.32 Å². The Labute approximate surface area is 111 Å². The van der Waals surface area contributed by atoms with Gasteiger partial charge < -0.3 is 19.6 Å². The monoisotopic (exact) mass is 269 g/mol. The molecule has 6 nitrogen and oxygen atoms in total. The van der Waals surface area contributed by atoms with Crippen molar-refractivity contribution in [2.75, 3.05) is 13.2 Å². The summed E-state index contributed by atoms with van der Waals surface area (Å²) in [4.78, 5) is 22.7. The Bertz CT molecular complexity index is 450. The normalized spacial score (nSPS) is 10.7. The van der Waals surface area contributed by atoms with E-state index in [1.807, 2.05) is 13.8 Å². The number of carboxylic acid groups (broad SMARTS) is 1. The van der Waals surface area contributed by atoms with Gasteiger partial charge in [0.25, 0.3) is 5.91 Å². The van der Waals surface area contributed by atoms with Gasteiger partial charge in [0.2, 0.25) is 0 Å². The summed E-state index contributed by atoms with van der Waals surface area (Å²) < 4.78 is 10.5. The van der Waals surface area contributed by atoms with Gasteiger partial charge in [-0.1, -0.05) is 6.92 Å². The fraction of sp³-hybridized carbons (Fsp3) is 0.538. The average Bonchev–Trinajstić information content (AvgIpc) is 2.78. The molecule has 0 aliphatic rings. The van der Waals surface area contributed by atoms with Crippen LogP contribution in [0.5, 0.6) is 0 Å². The number of nitrogens with one attached hydrogen (secondary N) is 1. The zero-order valence-electron chi connectivity index (χ0n) is 11.4. The van der Waals surface area contributed by atoms with Crippen LogP contribution in [0, 0.1) is 0 Å². The van der Waals surface area contributed by atoms with Crippen LogP contribution in [0.3, 0.4) is 0 Å². The lowest BCUT2D eigenvalue weighted by molar-refractivity contribution is 0.0694. The maximum atomic E-state index is 11.7. The third kappa shape index (κ3) is 4.40. The number of furan rings is 1. The Balaban J connectivity index is 2.60. The van der Waals surface area contributed by atoms with Crippen molar-refractivity contribution in [1.82, 2.24) is 5.32 Å². The van der Waals surface area contributed by atoms with Crippen molar-refractivity contribution in [3.05, 3.63) is 23.2 Å². The Kier molecular flexibility index (Phi) is 5.57. The van der Waals surface area contributed by atoms with Crippen LogP contribution >= 0.6 is 0 Å². The van der Waals surface area contributed by atoms with Crippen molar-refractivity contribution in [2.45, 2.75) is 33.3 Å². The van der Waals surface area contributed by atoms with E-state index in [9.17, 15) is 9.59 Å². The predicted octanol–water partition coefficient (Wildman–Crippen LogP) is 1.70. The number of rotatable bonds is 7. The second-order valence-electron chi connectivity index (χ2n) is 4.28. The molecule has 0 radical (unpaired) electrons. The van der Waals surface area contributed by atoms with Gasteiger partial charge in [-0.3, -0.25) is 4.79 Å². The number of hydrogen-bond donors (Lipinski definition) is 2. The van der Waals surface area contributed by atoms with E-state index in [1.165, 1.54) is 6.07 Å². The van der Waals surface area contributed by atoms with Crippen LogP contribution in [-0.2, 0) is 11.2 Å². The molecule has 106 valence electrons. The third-order valence-electron chi connectivity index (χ3n) is 2.42. The van der Waals surface area contributed by atoms with Gasteiger partial charge in [0.1, 0.15) is 11.3 Å². The number of carbonyl (C=O) groups is 2. The summed E-state index contributed by atoms with van der Waals surface area (Å²) in [6.45, 7) is 6.32. The molecule has 0 spiro atoms. The van der Waals surface area contributed by atoms with E-state index in [4.69, 9.17) is 14.3 Å². The first-order chi connectivity index (χ1) is 8.95. The molecule has 0 aliphatic carbocycles. The van der Waals surface area contributed by atoms with Gasteiger partial charge in [0.05, 0.1) is 12.7 Å². The first-order valence-electron chi connectivity index (χ1n) is 6.21. The highest BCUT2D eigenvalue weighted by atomic mass is 16.5. The average molecular weight is 269 g/mol. The lowest BCUT2D eigenvalue weighted by Crippen LogP contribution is -2.27. The van der Waals surface area contributed by atoms with Crippen molar-refractivity contribution in [3.8, 4) is 0 Å². The number of hydrogen-bond acceptors (Lipinski definition) is 4. The molecule has 19 heavy (non-hydrogen) atoms. The van der Waals surface area contributed by atoms with E-state index in [0.717, 1.165) is 0 Å². The fourth-order valence-corrected chi connectivity index (χ4v) is 1.53. The molecular weight excluding hydrogens is 250 g/mol. The van der Waals surface area contributed by atoms with Crippen LogP contribution in [0.2, 0.25) is 0 Å². The predicted molar refractivity (Wildman–Crippen MR) is 68.5 cm³/mol. The van der Waals surface area contributed by atoms with Crippen LogP contribution in [0.25, 0.3) is 0 Å². The van der Waals surface area contributed by atoms with E-state index in [-0.39, 0.29) is 17.4 Å². The van der Waals surface area contributed by atoms with Gasteiger partial charge in [-0.2, -0.15) is 0 Å². The standard InChI is InChI=1S/C13H19NO5/c1-4-10-9(13(16)17)7-11(19-10)12(15)14-5-6-18-8(2)3/h7-8H,4-6H2,1-3H3,(H,14,15)(H,16,17). The molecule has 0 saturated carbocycles. The molecule has 0 unspecified atom stereocenters. The molecule has 0 fully saturated rings. The molecule has 0 aromatic carbocycles. The molecule has 1 amide bonds. The summed E-state index contributed by atoms with van der Waals surface area (Å²) in [5, 5.41) is 11.6. The second kappa shape index (κ2) is 6.94. The quantitative estimate of drug-likeness (QED) is 0.735. The largest absolute Gasteiger partial charge is 0.478 e. The number of ether oxygens (including phenoxy) is 1. The summed E-state index contributed by atoms with van der Waals surface area (Å²) in [5.41, 5.74) is 0.0334. The molecule has 1 aromatic rings. The van der Waals surface area contributed by atoms with Crippen LogP contribution in [0.4, 0.5) is 0 Å². The summed E-state index contributed by atoms with van der Waals surface area (Å²) in [5.74, 6) is -1.22. The van der Waals surface area contributed by atoms with E-state index in [0.29, 0.717) is 25.3 Å². The topological polar surface area (TPSA) is 88.8 Å². The Morgan fingerprint density at radius 3 is 2.63 bits per heavy atom. The maximum Gasteiger partial charge on any atom is 0.339 e. The fourth-order valence-electron chi connectivity index (χ4n) is 1.53. The SMILES string of the molecule is CCc1oc(C(=O)NCCOC(C)C)cc1C(=O)O. The van der Waals surface area contributed by atoms with Gasteiger partial charge in [-0.05, 0) is 13.8 Å². The van der Waals surface area contributed by atoms with Crippen molar-refractivity contribution in [3.63, 3.8) is 0 Å². The maximum absolute atomic E-state index is 11.7. The Morgan fingerprint density at radius 1 is 1.47 bits per heavy atom. The minimum absolute atomic E-state index is 0.0128. The number of aryl methyl sites for hydroxylation is 1. The Hall–Kier alpha value is -1.82. The highest BCUT2D eigenvalue weighted by Crippen LogP contribution is 2.16. The van der Waals surface area contributed by atoms with E-state index in [1.54, 1.807) is 6.92 Å². The lowest BCUT2D eigenvalue weighted by atomic mass is 10.2. The molecule has 0 bridgehead atoms. The molecule has 1 rings (SSSR count). The summed E-state index contributed by atoms with van der Waals surface area (Å²) >= 11 is 0. The molecule has 0 aliphatic heterocycles. The zero-order chi connectivity index (χ0) is 14.4. The highest BCUT2D eigenvalue weighted by molar-refractivity contribution is 5.96. The van der Waals surface area contributed by atoms with Gasteiger partial charge in [0.15, 0.2) is 5.76 Å². The zero-order valence-corrected chi connectivity index (χ0v) is 11.4. The highest BCUT2D eigenvalue weighted by Gasteiger charge is 2.19. The van der Waals surface area contributed by atoms with Crippen molar-refractivity contribution >= 4 is 11.9 Å². The van der Waals surface area contributed by atoms with Crippen LogP contribution in [0.1, 0.15) is 47.4 Å². The Morgan fingerprint density at radius 2 is 2.16 bits per heavy atom. The molecular formula is C13H19NO5. The summed E-state index contributed by atoms with van der Waals surface area (Å²) in [6, 6.07) is 1.25. The molecule has 6 heteroatoms. The minimum atomic E-state index is -1.09. The van der Waals surface area contributed by atoms with Crippen LogP contribution in [-0.4, -0.2) is 36.2 Å². The van der Waals surface area contributed by atoms with Crippen molar-refractivity contribution < 1.29 is 23.8 Å². The molecule has 1 heterocycles. The third-order valence-corrected chi connectivity index (χ3v) is 2.42. The van der Waals surface area contributed by atoms with Gasteiger partial charge in [0, 0.05) is 19.0 Å². The first kappa shape index (κ1) is 15.2. The van der Waals surface area contributed by atoms with E-state index >= 15 is 0 Å².